The summed E-state index contributed by atoms with van der Waals surface area (Å²) >= 11 is 0. The molecule has 14 nitrogen and oxygen atoms in total. The van der Waals surface area contributed by atoms with Crippen molar-refractivity contribution in [3.05, 3.63) is 71.0 Å². The van der Waals surface area contributed by atoms with E-state index in [4.69, 9.17) is 41.9 Å². The molecule has 1 aliphatic rings. The number of ether oxygens (including phenoxy) is 6. The number of cyclic esters (lactones) is 1. The highest BCUT2D eigenvalue weighted by Gasteiger charge is 2.36. The molecule has 0 bridgehead atoms. The second-order valence-electron chi connectivity index (χ2n) is 14.4. The molecule has 2 rings (SSSR count). The highest BCUT2D eigenvalue weighted by molar-refractivity contribution is 7.54. The number of nitrogens with zero attached hydrogens (tertiary/aromatic N) is 1. The van der Waals surface area contributed by atoms with Gasteiger partial charge in [-0.15, -0.1) is 0 Å². The van der Waals surface area contributed by atoms with Crippen LogP contribution in [0, 0.1) is 24.7 Å². The van der Waals surface area contributed by atoms with Crippen LogP contribution in [0.3, 0.4) is 0 Å². The zero-order chi connectivity index (χ0) is 43.1. The molecule has 7 atom stereocenters. The summed E-state index contributed by atoms with van der Waals surface area (Å²) in [5.41, 5.74) is 3.35. The molecule has 58 heavy (non-hydrogen) atoms. The third kappa shape index (κ3) is 18.6. The van der Waals surface area contributed by atoms with Crippen molar-refractivity contribution >= 4 is 31.9 Å². The number of esters is 2. The summed E-state index contributed by atoms with van der Waals surface area (Å²) < 4.78 is 64.3. The van der Waals surface area contributed by atoms with Gasteiger partial charge in [-0.25, -0.2) is 4.98 Å². The number of aldehydes is 1. The second-order valence-corrected chi connectivity index (χ2v) is 16.5. The van der Waals surface area contributed by atoms with E-state index in [1.165, 1.54) is 0 Å². The van der Waals surface area contributed by atoms with Crippen molar-refractivity contribution in [1.29, 1.82) is 0 Å². The summed E-state index contributed by atoms with van der Waals surface area (Å²) in [6, 6.07) is 0. The first kappa shape index (κ1) is 50.7. The highest BCUT2D eigenvalue weighted by Crippen LogP contribution is 2.48. The Balaban J connectivity index is 2.44. The predicted octanol–water partition coefficient (Wildman–Crippen LogP) is 8.16. The van der Waals surface area contributed by atoms with Crippen LogP contribution in [0.2, 0.25) is 0 Å². The fourth-order valence-corrected chi connectivity index (χ4v) is 7.97. The first-order valence-corrected chi connectivity index (χ1v) is 21.6. The van der Waals surface area contributed by atoms with Gasteiger partial charge in [-0.3, -0.25) is 14.2 Å². The molecule has 1 aromatic heterocycles. The molecule has 0 amide bonds. The number of methoxy groups -OCH3 is 2. The largest absolute Gasteiger partial charge is 0.462 e. The smallest absolute Gasteiger partial charge is 0.341 e. The maximum absolute atomic E-state index is 13.6. The fraction of sp³-hybridized carbons (Fsp3) is 0.628. The van der Waals surface area contributed by atoms with Crippen LogP contribution in [0.1, 0.15) is 85.7 Å². The Labute approximate surface area is 344 Å². The van der Waals surface area contributed by atoms with Gasteiger partial charge >= 0.3 is 19.5 Å². The van der Waals surface area contributed by atoms with Crippen molar-refractivity contribution in [2.24, 2.45) is 17.8 Å². The first-order valence-electron chi connectivity index (χ1n) is 19.9. The van der Waals surface area contributed by atoms with Gasteiger partial charge < -0.3 is 46.7 Å². The van der Waals surface area contributed by atoms with E-state index in [-0.39, 0.29) is 56.8 Å². The molecule has 0 spiro atoms. The Morgan fingerprint density at radius 3 is 2.38 bits per heavy atom. The van der Waals surface area contributed by atoms with Crippen LogP contribution in [0.15, 0.2) is 63.9 Å². The minimum atomic E-state index is -3.76. The van der Waals surface area contributed by atoms with E-state index in [9.17, 15) is 18.9 Å². The molecule has 0 unspecified atom stereocenters. The van der Waals surface area contributed by atoms with Crippen LogP contribution in [0.4, 0.5) is 0 Å². The minimum absolute atomic E-state index is 0.0358. The van der Waals surface area contributed by atoms with E-state index in [1.807, 2.05) is 77.2 Å². The average molecular weight is 836 g/mol. The van der Waals surface area contributed by atoms with E-state index in [0.717, 1.165) is 28.7 Å². The lowest BCUT2D eigenvalue weighted by Gasteiger charge is -2.33. The van der Waals surface area contributed by atoms with Crippen molar-refractivity contribution < 1.29 is 60.8 Å². The summed E-state index contributed by atoms with van der Waals surface area (Å²) in [5, 5.41) is 0. The van der Waals surface area contributed by atoms with Gasteiger partial charge in [-0.2, -0.15) is 0 Å². The molecule has 1 aliphatic heterocycles. The molecule has 0 aliphatic carbocycles. The van der Waals surface area contributed by atoms with E-state index >= 15 is 0 Å². The Kier molecular flexibility index (Phi) is 23.8. The normalized spacial score (nSPS) is 19.9. The standard InChI is InChI=1S/C43H66NO13P/c1-11-54-58(48,55-12-2)28-42(47)57-40(34(7)43(50-10)33(6)18-13-15-30(3)23-37-27-52-35(8)44-37)26-38(53-29-51-22-21-49-9)31(4)16-14-17-32(5)39-24-36(19-20-45)25-41(46)56-39/h13-18,20,23,27,32,34,36,38-40,43H,11-12,19,21-22,24-26,28-29H2,1-10H3/b15-13+,17-14+,30-23+,31-16+,33-18+/t32-,34+,36-,38+,39-,40+,43+/m1/s1. The minimum Gasteiger partial charge on any atom is -0.462 e. The predicted molar refractivity (Wildman–Crippen MR) is 221 cm³/mol. The lowest BCUT2D eigenvalue weighted by atomic mass is 9.87. The molecule has 0 radical (unpaired) electrons. The summed E-state index contributed by atoms with van der Waals surface area (Å²) in [6.07, 6.45) is 14.4. The fourth-order valence-electron chi connectivity index (χ4n) is 6.53. The van der Waals surface area contributed by atoms with E-state index in [0.29, 0.717) is 31.9 Å². The SMILES string of the molecule is CCOP(=O)(CC(=O)O[C@@H](C[C@H](OCOCCOC)/C(C)=C/C=C/[C@@H](C)[C@H]1C[C@@H](CC=O)CC(=O)O1)[C@H](C)[C@@H](OC)/C(C)=C/C=C/C(C)=C/c1coc(C)n1)OCC. The number of aromatic nitrogens is 1. The van der Waals surface area contributed by atoms with Crippen LogP contribution >= 0.6 is 7.60 Å². The number of carbonyl (C=O) groups is 3. The molecule has 1 aromatic rings. The average Bonchev–Trinajstić information content (AvgIpc) is 3.57. The van der Waals surface area contributed by atoms with Gasteiger partial charge in [-0.05, 0) is 69.8 Å². The lowest BCUT2D eigenvalue weighted by molar-refractivity contribution is -0.159. The zero-order valence-electron chi connectivity index (χ0n) is 36.0. The van der Waals surface area contributed by atoms with Crippen LogP contribution in [-0.2, 0) is 56.4 Å². The van der Waals surface area contributed by atoms with Crippen molar-refractivity contribution in [1.82, 2.24) is 4.98 Å². The van der Waals surface area contributed by atoms with Gasteiger partial charge in [0.1, 0.15) is 43.4 Å². The molecular formula is C43H66NO13P. The van der Waals surface area contributed by atoms with Gasteiger partial charge in [0, 0.05) is 52.2 Å². The van der Waals surface area contributed by atoms with Gasteiger partial charge in [0.2, 0.25) is 0 Å². The molecule has 1 saturated heterocycles. The Morgan fingerprint density at radius 1 is 1.05 bits per heavy atom. The maximum atomic E-state index is 13.6. The Morgan fingerprint density at radius 2 is 1.76 bits per heavy atom. The van der Waals surface area contributed by atoms with Crippen molar-refractivity contribution in [2.45, 2.75) is 105 Å². The molecule has 15 heteroatoms. The van der Waals surface area contributed by atoms with E-state index in [1.54, 1.807) is 41.3 Å². The third-order valence-electron chi connectivity index (χ3n) is 9.59. The summed E-state index contributed by atoms with van der Waals surface area (Å²) in [6.45, 7) is 15.6. The molecule has 0 N–H and O–H groups in total. The quantitative estimate of drug-likeness (QED) is 0.0198. The van der Waals surface area contributed by atoms with E-state index < -0.39 is 44.0 Å². The zero-order valence-corrected chi connectivity index (χ0v) is 36.9. The molecule has 0 saturated carbocycles. The van der Waals surface area contributed by atoms with Crippen LogP contribution in [0.5, 0.6) is 0 Å². The molecule has 326 valence electrons. The van der Waals surface area contributed by atoms with Crippen molar-refractivity contribution in [2.75, 3.05) is 53.6 Å². The number of hydrogen-bond donors (Lipinski definition) is 0. The monoisotopic (exact) mass is 835 g/mol. The van der Waals surface area contributed by atoms with Gasteiger partial charge in [0.25, 0.3) is 0 Å². The number of oxazole rings is 1. The van der Waals surface area contributed by atoms with Gasteiger partial charge in [0.05, 0.1) is 38.6 Å². The van der Waals surface area contributed by atoms with Gasteiger partial charge in [0.15, 0.2) is 5.89 Å². The highest BCUT2D eigenvalue weighted by atomic mass is 31.2. The van der Waals surface area contributed by atoms with Crippen LogP contribution in [-0.4, -0.2) is 101 Å². The molecule has 2 heterocycles. The Bertz CT molecular complexity index is 1600. The maximum Gasteiger partial charge on any atom is 0.341 e. The number of aryl methyl sites for hydroxylation is 1. The molecule has 1 fully saturated rings. The topological polar surface area (TPSA) is 168 Å². The molecule has 0 aromatic carbocycles. The third-order valence-corrected chi connectivity index (χ3v) is 11.5. The van der Waals surface area contributed by atoms with Crippen LogP contribution in [0.25, 0.3) is 6.08 Å². The number of rotatable bonds is 28. The van der Waals surface area contributed by atoms with Crippen LogP contribution < -0.4 is 0 Å². The van der Waals surface area contributed by atoms with Crippen molar-refractivity contribution in [3.8, 4) is 0 Å². The molecular weight excluding hydrogens is 769 g/mol. The second kappa shape index (κ2) is 27.3. The summed E-state index contributed by atoms with van der Waals surface area (Å²) in [5.74, 6) is -1.03. The summed E-state index contributed by atoms with van der Waals surface area (Å²) in [7, 11) is -0.590. The Hall–Kier alpha value is -3.49. The van der Waals surface area contributed by atoms with Crippen molar-refractivity contribution in [3.63, 3.8) is 0 Å². The summed E-state index contributed by atoms with van der Waals surface area (Å²) in [4.78, 5) is 41.2. The number of carbonyl (C=O) groups excluding carboxylic acids is 3. The number of allylic oxidation sites excluding steroid dienone is 6. The number of hydrogen-bond acceptors (Lipinski definition) is 14. The lowest BCUT2D eigenvalue weighted by Crippen LogP contribution is -2.39. The van der Waals surface area contributed by atoms with Gasteiger partial charge in [-0.1, -0.05) is 50.3 Å². The first-order chi connectivity index (χ1) is 27.7. The van der Waals surface area contributed by atoms with E-state index in [2.05, 4.69) is 4.98 Å².